The number of nitrogens with one attached hydrogen (secondary N) is 1. The minimum absolute atomic E-state index is 0.0381. The number of nitrogens with zero attached hydrogens (tertiary/aromatic N) is 1. The van der Waals surface area contributed by atoms with Crippen molar-refractivity contribution in [2.75, 3.05) is 27.4 Å². The van der Waals surface area contributed by atoms with Crippen LogP contribution in [-0.4, -0.2) is 258 Å². The van der Waals surface area contributed by atoms with Gasteiger partial charge in [-0.1, -0.05) is 84.9 Å². The smallest absolute Gasteiger partial charge is 0.455 e. The monoisotopic (exact) mass is 1660 g/mol. The number of aliphatic hydroxyl groups is 7. The number of ketones is 2. The minimum atomic E-state index is -2.47. The van der Waals surface area contributed by atoms with Gasteiger partial charge in [0.2, 0.25) is 6.10 Å². The van der Waals surface area contributed by atoms with Crippen molar-refractivity contribution in [2.24, 2.45) is 44.3 Å². The second-order valence-electron chi connectivity index (χ2n) is 37.9. The first-order chi connectivity index (χ1) is 54.2. The summed E-state index contributed by atoms with van der Waals surface area (Å²) >= 11 is 0. The minimum Gasteiger partial charge on any atom is -0.455 e. The Morgan fingerprint density at radius 2 is 0.975 bits per heavy atom. The summed E-state index contributed by atoms with van der Waals surface area (Å²) in [6.45, 7) is 29.1. The number of fused-ring (bicyclic) bond motifs is 10. The summed E-state index contributed by atoms with van der Waals surface area (Å²) in [7, 11) is 2.13. The second-order valence-corrected chi connectivity index (χ2v) is 37.9. The number of Topliss-reactive ketones (excluding diaryl/α,β-unsaturated/α-hetero) is 2. The Morgan fingerprint density at radius 3 is 1.32 bits per heavy atom. The Morgan fingerprint density at radius 1 is 0.576 bits per heavy atom. The number of methoxy groups -OCH3 is 2. The first-order valence-corrected chi connectivity index (χ1v) is 39.1. The highest BCUT2D eigenvalue weighted by Gasteiger charge is 2.82. The molecule has 12 rings (SSSR count). The van der Waals surface area contributed by atoms with Crippen LogP contribution in [0.2, 0.25) is 0 Å². The zero-order valence-electron chi connectivity index (χ0n) is 70.4. The first-order valence-electron chi connectivity index (χ1n) is 39.1. The van der Waals surface area contributed by atoms with E-state index in [9.17, 15) is 83.7 Å². The average molecular weight is 1660 g/mol. The number of rotatable bonds is 13. The standard InChI is InChI=1S/2C42H55NO16/c1-20-24-25(45)29(46)40(10)22(44)17-23-41(19-54-23,59-35(51)53-11)27(40)30(56-31(47)21-15-13-12-14-16-21)42(52,38(24,7)8)18-39(20,9)57-32(48)26-28(37(5,6)33(49)55-26)43-34(50)58-36(2,3)4;1-20-24-25(45)29(47)40(10)22(44)17-23-41(19-55-23,59-35(52)54-11)27(40)30(56-31(48)21-15-13-12-14-16-21)42(53,37(24,5)6)18-39(20,9)57-32(49)26(46)28(36(2,3)4)43-33(50)38(7,8)58-34(43)51/h12-16,22-23,25-28,30,44-45,52H,17-19H2,1-11H3,(H,43,50);12-16,22-23,25-28,30,44-46,53H,17-19H2,1-11H3/t22?,23-,25-,26?,27?,28-,30+,39+,40-,41+,42-;22?,23-,25-,26-,27?,28-,30+,39+,40-,41+,42-/m11/s1. The molecule has 8 N–H and O–H groups in total. The van der Waals surface area contributed by atoms with Crippen LogP contribution < -0.4 is 5.32 Å². The molecule has 2 aromatic carbocycles. The largest absolute Gasteiger partial charge is 0.508 e. The van der Waals surface area contributed by atoms with Crippen molar-refractivity contribution in [3.05, 3.63) is 94.1 Å². The predicted molar refractivity (Wildman–Crippen MR) is 404 cm³/mol. The van der Waals surface area contributed by atoms with E-state index in [-0.39, 0.29) is 59.5 Å². The lowest BCUT2D eigenvalue weighted by Gasteiger charge is -2.67. The number of carbonyl (C=O) groups excluding carboxylic acids is 12. The van der Waals surface area contributed by atoms with E-state index >= 15 is 9.59 Å². The Balaban J connectivity index is 0.000000231. The van der Waals surface area contributed by atoms with Crippen molar-refractivity contribution < 1.29 is 155 Å². The molecule has 8 fully saturated rings. The molecule has 4 saturated heterocycles. The van der Waals surface area contributed by atoms with Gasteiger partial charge in [-0.05, 0) is 142 Å². The lowest BCUT2D eigenvalue weighted by atomic mass is 9.44. The van der Waals surface area contributed by atoms with Crippen molar-refractivity contribution in [3.8, 4) is 0 Å². The van der Waals surface area contributed by atoms with Gasteiger partial charge in [-0.25, -0.2) is 43.3 Å². The third-order valence-corrected chi connectivity index (χ3v) is 27.2. The summed E-state index contributed by atoms with van der Waals surface area (Å²) < 4.78 is 74.5. The van der Waals surface area contributed by atoms with Gasteiger partial charge < -0.3 is 103 Å². The zero-order chi connectivity index (χ0) is 88.3. The van der Waals surface area contributed by atoms with E-state index in [4.69, 9.17) is 61.6 Å². The van der Waals surface area contributed by atoms with Gasteiger partial charge in [0.05, 0.1) is 90.9 Å². The Kier molecular flexibility index (Phi) is 22.6. The van der Waals surface area contributed by atoms with Crippen LogP contribution >= 0.6 is 0 Å². The number of hydrogen-bond acceptors (Lipinski definition) is 32. The zero-order valence-corrected chi connectivity index (χ0v) is 70.4. The maximum Gasteiger partial charge on any atom is 0.508 e. The third kappa shape index (κ3) is 13.8. The molecule has 0 radical (unpaired) electrons. The molecule has 6 aliphatic carbocycles. The van der Waals surface area contributed by atoms with Crippen molar-refractivity contribution >= 4 is 71.8 Å². The van der Waals surface area contributed by atoms with Crippen molar-refractivity contribution in [1.29, 1.82) is 0 Å². The molecule has 34 heteroatoms. The van der Waals surface area contributed by atoms with E-state index in [1.807, 2.05) is 0 Å². The van der Waals surface area contributed by atoms with Crippen molar-refractivity contribution in [2.45, 2.75) is 282 Å². The molecule has 648 valence electrons. The predicted octanol–water partition coefficient (Wildman–Crippen LogP) is 5.86. The number of imide groups is 1. The van der Waals surface area contributed by atoms with E-state index in [1.165, 1.54) is 121 Å². The van der Waals surface area contributed by atoms with E-state index in [0.717, 1.165) is 14.2 Å². The maximum absolute atomic E-state index is 15.1. The van der Waals surface area contributed by atoms with Gasteiger partial charge >= 0.3 is 54.3 Å². The second kappa shape index (κ2) is 29.7. The molecule has 3 amide bonds. The average Bonchev–Trinajstić information content (AvgIpc) is 0.770. The topological polar surface area (TPSA) is 482 Å². The van der Waals surface area contributed by atoms with Crippen LogP contribution in [0, 0.1) is 44.3 Å². The molecule has 22 atom stereocenters. The van der Waals surface area contributed by atoms with Gasteiger partial charge in [-0.2, -0.15) is 0 Å². The lowest BCUT2D eigenvalue weighted by molar-refractivity contribution is -0.345. The fourth-order valence-corrected chi connectivity index (χ4v) is 20.2. The van der Waals surface area contributed by atoms with Crippen LogP contribution in [0.15, 0.2) is 83.0 Å². The molecule has 34 nitrogen and oxygen atoms in total. The highest BCUT2D eigenvalue weighted by Crippen LogP contribution is 2.68. The van der Waals surface area contributed by atoms with Crippen LogP contribution in [0.5, 0.6) is 0 Å². The molecule has 4 heterocycles. The number of ether oxygens (including phenoxy) is 13. The molecular formula is C84H110N2O32. The normalized spacial score (nSPS) is 37.6. The van der Waals surface area contributed by atoms with Crippen LogP contribution in [-0.2, 0) is 90.3 Å². The van der Waals surface area contributed by atoms with Crippen LogP contribution in [0.1, 0.15) is 185 Å². The van der Waals surface area contributed by atoms with Crippen molar-refractivity contribution in [3.63, 3.8) is 0 Å². The highest BCUT2D eigenvalue weighted by atomic mass is 16.8. The number of benzene rings is 2. The van der Waals surface area contributed by atoms with Crippen LogP contribution in [0.25, 0.3) is 0 Å². The molecule has 0 spiro atoms. The molecule has 4 saturated carbocycles. The summed E-state index contributed by atoms with van der Waals surface area (Å²) in [4.78, 5) is 167. The number of cyclic esters (lactones) is 2. The maximum atomic E-state index is 15.1. The quantitative estimate of drug-likeness (QED) is 0.0661. The molecule has 4 bridgehead atoms. The summed E-state index contributed by atoms with van der Waals surface area (Å²) in [5.41, 5.74) is -25.3. The molecule has 118 heavy (non-hydrogen) atoms. The van der Waals surface area contributed by atoms with E-state index < -0.39 is 247 Å². The Labute approximate surface area is 682 Å². The number of alkyl carbamates (subject to hydrolysis) is 1. The summed E-state index contributed by atoms with van der Waals surface area (Å²) in [6, 6.07) is 12.7. The Bertz CT molecular complexity index is 4520. The van der Waals surface area contributed by atoms with Gasteiger partial charge in [0.25, 0.3) is 5.91 Å². The SMILES string of the molecule is COC(=O)O[C@@]12CO[C@@H]1CC(O)[C@@]1(C)C(=O)[C@H](O)C3=C(C)[C@@](C)(OC(=O)C4OC(=O)C(C)(C)[C@@H]4NC(=O)OC(C)(C)C)C[C@@](O)([C@@H](OC(=O)c4ccccc4)C12)C3(C)C.COC(=O)O[C@@]12CO[C@@H]1CC(O)[C@@]1(C)C(=O)[C@H](O)C3=C(C)[C@@](C)(OC(=O)[C@H](O)[C@@H](N4C(=O)OC(C)(C)C4=O)C(C)(C)C)C[C@@](O)([C@@H](OC(=O)c4ccccc4)C12)C3(C)C. The van der Waals surface area contributed by atoms with E-state index in [0.29, 0.717) is 4.90 Å². The van der Waals surface area contributed by atoms with Gasteiger partial charge in [-0.3, -0.25) is 19.2 Å². The van der Waals surface area contributed by atoms with Gasteiger partial charge in [0.1, 0.15) is 64.6 Å². The number of carbonyl (C=O) groups is 12. The summed E-state index contributed by atoms with van der Waals surface area (Å²) in [5, 5.41) is 90.0. The number of aliphatic hydroxyl groups excluding tert-OH is 5. The number of esters is 5. The molecule has 0 aromatic heterocycles. The molecule has 5 unspecified atom stereocenters. The van der Waals surface area contributed by atoms with Gasteiger partial charge in [-0.15, -0.1) is 0 Å². The number of amides is 3. The van der Waals surface area contributed by atoms with E-state index in [2.05, 4.69) is 5.32 Å². The van der Waals surface area contributed by atoms with Crippen LogP contribution in [0.4, 0.5) is 19.2 Å². The highest BCUT2D eigenvalue weighted by molar-refractivity contribution is 6.03. The van der Waals surface area contributed by atoms with Crippen molar-refractivity contribution in [1.82, 2.24) is 10.2 Å². The third-order valence-electron chi connectivity index (χ3n) is 27.2. The fraction of sp³-hybridized carbons (Fsp3) is 0.667. The summed E-state index contributed by atoms with van der Waals surface area (Å²) in [5.74, 6) is -11.2. The van der Waals surface area contributed by atoms with E-state index in [1.54, 1.807) is 77.9 Å². The molecule has 2 aromatic rings. The molecular weight excluding hydrogens is 1550 g/mol. The van der Waals surface area contributed by atoms with Crippen LogP contribution in [0.3, 0.4) is 0 Å². The molecule has 4 aliphatic heterocycles. The first kappa shape index (κ1) is 89.8. The fourth-order valence-electron chi connectivity index (χ4n) is 20.2. The lowest BCUT2D eigenvalue weighted by Crippen LogP contribution is -2.82. The van der Waals surface area contributed by atoms with Gasteiger partial charge in [0, 0.05) is 36.5 Å². The summed E-state index contributed by atoms with van der Waals surface area (Å²) in [6.07, 6.45) is -23.3. The van der Waals surface area contributed by atoms with Gasteiger partial charge in [0.15, 0.2) is 34.5 Å². The number of hydrogen-bond donors (Lipinski definition) is 8. The molecule has 10 aliphatic rings. The Hall–Kier alpha value is -9.00.